The first-order chi connectivity index (χ1) is 9.13. The third kappa shape index (κ3) is 2.91. The number of ether oxygens (including phenoxy) is 1. The van der Waals surface area contributed by atoms with Gasteiger partial charge in [-0.15, -0.1) is 11.3 Å². The van der Waals surface area contributed by atoms with Crippen molar-refractivity contribution in [1.82, 2.24) is 4.98 Å². The smallest absolute Gasteiger partial charge is 0.358 e. The summed E-state index contributed by atoms with van der Waals surface area (Å²) in [5.74, 6) is -0.930. The van der Waals surface area contributed by atoms with E-state index in [0.717, 1.165) is 11.3 Å². The summed E-state index contributed by atoms with van der Waals surface area (Å²) in [6.45, 7) is 0. The van der Waals surface area contributed by atoms with E-state index in [4.69, 9.17) is 11.6 Å². The van der Waals surface area contributed by atoms with Crippen molar-refractivity contribution in [3.63, 3.8) is 0 Å². The summed E-state index contributed by atoms with van der Waals surface area (Å²) in [7, 11) is 1.24. The Morgan fingerprint density at radius 2 is 2.21 bits per heavy atom. The lowest BCUT2D eigenvalue weighted by molar-refractivity contribution is -0.132. The Balaban J connectivity index is 2.54. The third-order valence-corrected chi connectivity index (χ3v) is 3.37. The molecule has 98 valence electrons. The van der Waals surface area contributed by atoms with E-state index in [2.05, 4.69) is 14.7 Å². The van der Waals surface area contributed by atoms with Crippen LogP contribution in [-0.2, 0) is 9.53 Å². The van der Waals surface area contributed by atoms with E-state index in [-0.39, 0.29) is 16.5 Å². The number of halogens is 1. The van der Waals surface area contributed by atoms with E-state index in [0.29, 0.717) is 10.7 Å². The third-order valence-electron chi connectivity index (χ3n) is 2.23. The summed E-state index contributed by atoms with van der Waals surface area (Å²) >= 11 is 7.07. The van der Waals surface area contributed by atoms with Gasteiger partial charge in [0.25, 0.3) is 0 Å². The molecule has 0 fully saturated rings. The Bertz CT molecular complexity index is 639. The number of carbonyl (C=O) groups excluding carboxylic acids is 1. The first-order valence-corrected chi connectivity index (χ1v) is 6.43. The van der Waals surface area contributed by atoms with E-state index < -0.39 is 5.97 Å². The Morgan fingerprint density at radius 3 is 2.79 bits per heavy atom. The van der Waals surface area contributed by atoms with Crippen molar-refractivity contribution in [2.45, 2.75) is 0 Å². The van der Waals surface area contributed by atoms with Gasteiger partial charge in [0.1, 0.15) is 4.88 Å². The number of esters is 1. The molecule has 5 nitrogen and oxygen atoms in total. The van der Waals surface area contributed by atoms with Gasteiger partial charge < -0.3 is 9.84 Å². The van der Waals surface area contributed by atoms with Crippen LogP contribution in [0.4, 0.5) is 5.69 Å². The number of aromatic hydroxyl groups is 1. The summed E-state index contributed by atoms with van der Waals surface area (Å²) in [6, 6.07) is 6.81. The second-order valence-corrected chi connectivity index (χ2v) is 4.67. The highest BCUT2D eigenvalue weighted by Gasteiger charge is 2.21. The zero-order valence-corrected chi connectivity index (χ0v) is 11.4. The van der Waals surface area contributed by atoms with Crippen LogP contribution in [0.25, 0.3) is 0 Å². The SMILES string of the molecule is COC(=O)C(=Nc1ccccc1Cl)c1scnc1O. The predicted octanol–water partition coefficient (Wildman–Crippen LogP) is 2.80. The van der Waals surface area contributed by atoms with E-state index in [1.165, 1.54) is 12.6 Å². The minimum absolute atomic E-state index is 0.0319. The standard InChI is InChI=1S/C12H9ClN2O3S/c1-18-12(17)9(10-11(16)14-6-19-10)15-8-5-3-2-4-7(8)13/h2-6,16H,1H3. The zero-order valence-electron chi connectivity index (χ0n) is 9.83. The quantitative estimate of drug-likeness (QED) is 0.698. The van der Waals surface area contributed by atoms with Crippen molar-refractivity contribution in [2.24, 2.45) is 4.99 Å². The highest BCUT2D eigenvalue weighted by molar-refractivity contribution is 7.13. The molecule has 0 spiro atoms. The van der Waals surface area contributed by atoms with Crippen LogP contribution in [-0.4, -0.2) is 28.9 Å². The monoisotopic (exact) mass is 296 g/mol. The van der Waals surface area contributed by atoms with Gasteiger partial charge in [-0.25, -0.2) is 14.8 Å². The number of carbonyl (C=O) groups is 1. The molecule has 7 heteroatoms. The molecule has 1 aromatic carbocycles. The van der Waals surface area contributed by atoms with Crippen LogP contribution in [0.3, 0.4) is 0 Å². The summed E-state index contributed by atoms with van der Waals surface area (Å²) in [5.41, 5.74) is 1.79. The van der Waals surface area contributed by atoms with Gasteiger partial charge in [-0.1, -0.05) is 23.7 Å². The van der Waals surface area contributed by atoms with Crippen LogP contribution < -0.4 is 0 Å². The molecule has 1 N–H and O–H groups in total. The Labute approximate surface area is 118 Å². The zero-order chi connectivity index (χ0) is 13.8. The number of thiazole rings is 1. The van der Waals surface area contributed by atoms with Gasteiger partial charge in [0.2, 0.25) is 5.88 Å². The highest BCUT2D eigenvalue weighted by Crippen LogP contribution is 2.27. The Hall–Kier alpha value is -1.92. The second kappa shape index (κ2) is 5.81. The van der Waals surface area contributed by atoms with E-state index in [1.807, 2.05) is 0 Å². The molecule has 0 aliphatic carbocycles. The number of benzene rings is 1. The van der Waals surface area contributed by atoms with E-state index in [1.54, 1.807) is 24.3 Å². The van der Waals surface area contributed by atoms with Gasteiger partial charge in [-0.3, -0.25) is 0 Å². The number of methoxy groups -OCH3 is 1. The molecule has 2 rings (SSSR count). The van der Waals surface area contributed by atoms with Crippen molar-refractivity contribution >= 4 is 40.3 Å². The van der Waals surface area contributed by atoms with Crippen LogP contribution in [0.2, 0.25) is 5.02 Å². The first kappa shape index (κ1) is 13.5. The molecule has 1 aromatic heterocycles. The van der Waals surface area contributed by atoms with Crippen molar-refractivity contribution in [3.05, 3.63) is 39.7 Å². The number of aliphatic imine (C=N–C) groups is 1. The van der Waals surface area contributed by atoms with Crippen molar-refractivity contribution < 1.29 is 14.6 Å². The lowest BCUT2D eigenvalue weighted by Crippen LogP contribution is -2.16. The molecule has 0 unspecified atom stereocenters. The number of para-hydroxylation sites is 1. The molecule has 19 heavy (non-hydrogen) atoms. The summed E-state index contributed by atoms with van der Waals surface area (Å²) in [4.78, 5) is 19.8. The maximum absolute atomic E-state index is 11.7. The molecule has 0 amide bonds. The molecular weight excluding hydrogens is 288 g/mol. The summed E-state index contributed by atoms with van der Waals surface area (Å²) < 4.78 is 4.66. The summed E-state index contributed by atoms with van der Waals surface area (Å²) in [6.07, 6.45) is 0. The number of nitrogens with zero attached hydrogens (tertiary/aromatic N) is 2. The van der Waals surface area contributed by atoms with Crippen molar-refractivity contribution in [3.8, 4) is 5.88 Å². The van der Waals surface area contributed by atoms with Gasteiger partial charge in [0.05, 0.1) is 23.3 Å². The molecule has 2 aromatic rings. The maximum atomic E-state index is 11.7. The lowest BCUT2D eigenvalue weighted by atomic mass is 10.3. The molecule has 0 saturated heterocycles. The van der Waals surface area contributed by atoms with Gasteiger partial charge in [-0.05, 0) is 12.1 Å². The number of hydrogen-bond donors (Lipinski definition) is 1. The summed E-state index contributed by atoms with van der Waals surface area (Å²) in [5, 5.41) is 9.99. The number of rotatable bonds is 3. The van der Waals surface area contributed by atoms with Crippen LogP contribution >= 0.6 is 22.9 Å². The van der Waals surface area contributed by atoms with Gasteiger partial charge >= 0.3 is 5.97 Å². The first-order valence-electron chi connectivity index (χ1n) is 5.18. The highest BCUT2D eigenvalue weighted by atomic mass is 35.5. The van der Waals surface area contributed by atoms with Crippen LogP contribution in [0.5, 0.6) is 5.88 Å². The Morgan fingerprint density at radius 1 is 1.47 bits per heavy atom. The van der Waals surface area contributed by atoms with Crippen LogP contribution in [0.15, 0.2) is 34.8 Å². The predicted molar refractivity (Wildman–Crippen MR) is 73.4 cm³/mol. The number of hydrogen-bond acceptors (Lipinski definition) is 6. The van der Waals surface area contributed by atoms with Crippen molar-refractivity contribution in [1.29, 1.82) is 0 Å². The Kier molecular flexibility index (Phi) is 4.13. The van der Waals surface area contributed by atoms with E-state index in [9.17, 15) is 9.90 Å². The molecule has 0 radical (unpaired) electrons. The average Bonchev–Trinajstić information content (AvgIpc) is 2.83. The van der Waals surface area contributed by atoms with Gasteiger partial charge in [-0.2, -0.15) is 0 Å². The largest absolute Gasteiger partial charge is 0.492 e. The fourth-order valence-corrected chi connectivity index (χ4v) is 2.19. The molecule has 0 bridgehead atoms. The molecular formula is C12H9ClN2O3S. The molecule has 0 atom stereocenters. The average molecular weight is 297 g/mol. The molecule has 0 saturated carbocycles. The van der Waals surface area contributed by atoms with Gasteiger partial charge in [0, 0.05) is 0 Å². The molecule has 1 heterocycles. The lowest BCUT2D eigenvalue weighted by Gasteiger charge is -2.03. The fraction of sp³-hybridized carbons (Fsp3) is 0.0833. The normalized spacial score (nSPS) is 11.4. The van der Waals surface area contributed by atoms with Crippen LogP contribution in [0.1, 0.15) is 4.88 Å². The second-order valence-electron chi connectivity index (χ2n) is 3.41. The fourth-order valence-electron chi connectivity index (χ4n) is 1.35. The maximum Gasteiger partial charge on any atom is 0.358 e. The van der Waals surface area contributed by atoms with Crippen LogP contribution in [0, 0.1) is 0 Å². The van der Waals surface area contributed by atoms with E-state index >= 15 is 0 Å². The molecule has 0 aliphatic rings. The number of aromatic nitrogens is 1. The molecule has 0 aliphatic heterocycles. The van der Waals surface area contributed by atoms with Crippen molar-refractivity contribution in [2.75, 3.05) is 7.11 Å². The minimum atomic E-state index is -0.667. The minimum Gasteiger partial charge on any atom is -0.492 e. The van der Waals surface area contributed by atoms with Gasteiger partial charge in [0.15, 0.2) is 5.71 Å². The topological polar surface area (TPSA) is 71.8 Å².